The van der Waals surface area contributed by atoms with Crippen molar-refractivity contribution >= 4 is 17.1 Å². The molecule has 28 heavy (non-hydrogen) atoms. The quantitative estimate of drug-likeness (QED) is 0.668. The lowest BCUT2D eigenvalue weighted by atomic mass is 10.0. The smallest absolute Gasteiger partial charge is 0.258 e. The molecule has 8 heteroatoms. The molecule has 0 radical (unpaired) electrons. The van der Waals surface area contributed by atoms with Gasteiger partial charge in [0.25, 0.3) is 5.91 Å². The highest BCUT2D eigenvalue weighted by Crippen LogP contribution is 2.29. The average molecular weight is 380 g/mol. The molecule has 1 fully saturated rings. The first kappa shape index (κ1) is 18.4. The van der Waals surface area contributed by atoms with Crippen LogP contribution in [0.5, 0.6) is 5.75 Å². The third kappa shape index (κ3) is 4.12. The fraction of sp³-hybridized carbons (Fsp3) is 0.400. The van der Waals surface area contributed by atoms with Crippen LogP contribution < -0.4 is 10.1 Å². The van der Waals surface area contributed by atoms with Crippen molar-refractivity contribution in [1.29, 1.82) is 0 Å². The van der Waals surface area contributed by atoms with E-state index in [9.17, 15) is 4.79 Å². The third-order valence-electron chi connectivity index (χ3n) is 4.93. The number of ether oxygens (including phenoxy) is 1. The number of hydrogen-bond acceptors (Lipinski definition) is 6. The third-order valence-corrected chi connectivity index (χ3v) is 4.93. The van der Waals surface area contributed by atoms with E-state index >= 15 is 0 Å². The predicted octanol–water partition coefficient (Wildman–Crippen LogP) is 1.44. The van der Waals surface area contributed by atoms with Gasteiger partial charge in [-0.1, -0.05) is 18.2 Å². The minimum absolute atomic E-state index is 0.0106. The van der Waals surface area contributed by atoms with E-state index in [-0.39, 0.29) is 12.5 Å². The van der Waals surface area contributed by atoms with Crippen molar-refractivity contribution in [3.63, 3.8) is 0 Å². The van der Waals surface area contributed by atoms with Gasteiger partial charge in [-0.2, -0.15) is 5.10 Å². The molecule has 8 nitrogen and oxygen atoms in total. The van der Waals surface area contributed by atoms with Crippen molar-refractivity contribution in [3.05, 3.63) is 48.4 Å². The second-order valence-electron chi connectivity index (χ2n) is 7.04. The standard InChI is InChI=1S/C20H24N6O2/c1-25-11-7-15(13-25)18-19-20(23-9-8-22-19)26(24-18)12-10-21-17(27)14-28-16-5-3-2-4-6-16/h2-6,8-9,15H,7,10-14H2,1H3,(H,21,27). The molecule has 1 aliphatic heterocycles. The molecule has 1 aliphatic rings. The predicted molar refractivity (Wildman–Crippen MR) is 105 cm³/mol. The fourth-order valence-electron chi connectivity index (χ4n) is 3.53. The SMILES string of the molecule is CN1CCC(c2nn(CCNC(=O)COc3ccccc3)c3nccnc23)C1. The normalized spacial score (nSPS) is 17.1. The molecule has 1 amide bonds. The molecule has 3 aromatic rings. The summed E-state index contributed by atoms with van der Waals surface area (Å²) in [5.74, 6) is 0.889. The van der Waals surface area contributed by atoms with Gasteiger partial charge < -0.3 is 15.0 Å². The zero-order chi connectivity index (χ0) is 19.3. The zero-order valence-corrected chi connectivity index (χ0v) is 15.9. The van der Waals surface area contributed by atoms with E-state index in [1.165, 1.54) is 0 Å². The Hall–Kier alpha value is -3.00. The van der Waals surface area contributed by atoms with E-state index < -0.39 is 0 Å². The van der Waals surface area contributed by atoms with Gasteiger partial charge in [0.2, 0.25) is 0 Å². The van der Waals surface area contributed by atoms with Crippen LogP contribution in [0.15, 0.2) is 42.7 Å². The van der Waals surface area contributed by atoms with Crippen LogP contribution in [0.3, 0.4) is 0 Å². The zero-order valence-electron chi connectivity index (χ0n) is 15.9. The van der Waals surface area contributed by atoms with Gasteiger partial charge in [-0.3, -0.25) is 4.79 Å². The second-order valence-corrected chi connectivity index (χ2v) is 7.04. The summed E-state index contributed by atoms with van der Waals surface area (Å²) in [7, 11) is 2.12. The Balaban J connectivity index is 1.36. The van der Waals surface area contributed by atoms with Crippen molar-refractivity contribution in [1.82, 2.24) is 30.0 Å². The Bertz CT molecular complexity index is 942. The summed E-state index contributed by atoms with van der Waals surface area (Å²) in [4.78, 5) is 23.3. The first-order valence-corrected chi connectivity index (χ1v) is 9.51. The number of hydrogen-bond donors (Lipinski definition) is 1. The van der Waals surface area contributed by atoms with Crippen LogP contribution in [0.25, 0.3) is 11.2 Å². The maximum Gasteiger partial charge on any atom is 0.258 e. The number of nitrogens with one attached hydrogen (secondary N) is 1. The highest BCUT2D eigenvalue weighted by molar-refractivity contribution is 5.77. The molecule has 1 unspecified atom stereocenters. The van der Waals surface area contributed by atoms with E-state index in [0.717, 1.165) is 36.4 Å². The minimum Gasteiger partial charge on any atom is -0.484 e. The molecule has 3 heterocycles. The molecule has 0 aliphatic carbocycles. The van der Waals surface area contributed by atoms with Gasteiger partial charge in [0.1, 0.15) is 11.3 Å². The van der Waals surface area contributed by atoms with Crippen LogP contribution in [0.1, 0.15) is 18.0 Å². The van der Waals surface area contributed by atoms with Crippen molar-refractivity contribution in [2.45, 2.75) is 18.9 Å². The molecule has 0 spiro atoms. The highest BCUT2D eigenvalue weighted by atomic mass is 16.5. The molecule has 2 aromatic heterocycles. The van der Waals surface area contributed by atoms with Crippen molar-refractivity contribution in [2.24, 2.45) is 0 Å². The minimum atomic E-state index is -0.163. The number of likely N-dealkylation sites (tertiary alicyclic amines) is 1. The Kier molecular flexibility index (Phi) is 5.48. The van der Waals surface area contributed by atoms with Gasteiger partial charge >= 0.3 is 0 Å². The largest absolute Gasteiger partial charge is 0.484 e. The number of rotatable bonds is 7. The lowest BCUT2D eigenvalue weighted by molar-refractivity contribution is -0.123. The van der Waals surface area contributed by atoms with Crippen LogP contribution in [0.4, 0.5) is 0 Å². The van der Waals surface area contributed by atoms with Gasteiger partial charge in [-0.05, 0) is 32.1 Å². The highest BCUT2D eigenvalue weighted by Gasteiger charge is 2.27. The number of fused-ring (bicyclic) bond motifs is 1. The van der Waals surface area contributed by atoms with Crippen LogP contribution in [0.2, 0.25) is 0 Å². The first-order chi connectivity index (χ1) is 13.7. The number of amides is 1. The molecule has 1 saturated heterocycles. The van der Waals surface area contributed by atoms with Crippen LogP contribution >= 0.6 is 0 Å². The summed E-state index contributed by atoms with van der Waals surface area (Å²) >= 11 is 0. The molecule has 0 saturated carbocycles. The number of carbonyl (C=O) groups excluding carboxylic acids is 1. The summed E-state index contributed by atoms with van der Waals surface area (Å²) in [5.41, 5.74) is 2.63. The van der Waals surface area contributed by atoms with E-state index in [0.29, 0.717) is 24.8 Å². The molecule has 1 N–H and O–H groups in total. The van der Waals surface area contributed by atoms with E-state index in [1.54, 1.807) is 12.4 Å². The van der Waals surface area contributed by atoms with Crippen LogP contribution in [-0.4, -0.2) is 63.8 Å². The van der Waals surface area contributed by atoms with Crippen molar-refractivity contribution in [2.75, 3.05) is 33.3 Å². The lowest BCUT2D eigenvalue weighted by Crippen LogP contribution is -2.31. The maximum atomic E-state index is 12.0. The topological polar surface area (TPSA) is 85.2 Å². The number of nitrogens with zero attached hydrogens (tertiary/aromatic N) is 5. The van der Waals surface area contributed by atoms with Gasteiger partial charge in [0.05, 0.1) is 12.2 Å². The van der Waals surface area contributed by atoms with Gasteiger partial charge in [-0.25, -0.2) is 14.6 Å². The summed E-state index contributed by atoms with van der Waals surface area (Å²) in [6.45, 7) is 3.03. The van der Waals surface area contributed by atoms with E-state index in [2.05, 4.69) is 27.2 Å². The molecular formula is C20H24N6O2. The number of para-hydroxylation sites is 1. The summed E-state index contributed by atoms with van der Waals surface area (Å²) < 4.78 is 7.30. The van der Waals surface area contributed by atoms with E-state index in [4.69, 9.17) is 9.84 Å². The van der Waals surface area contributed by atoms with E-state index in [1.807, 2.05) is 35.0 Å². The number of benzene rings is 1. The Morgan fingerprint density at radius 1 is 1.25 bits per heavy atom. The monoisotopic (exact) mass is 380 g/mol. The summed E-state index contributed by atoms with van der Waals surface area (Å²) in [5, 5.41) is 7.65. The van der Waals surface area contributed by atoms with Gasteiger partial charge in [0, 0.05) is 31.4 Å². The molecule has 0 bridgehead atoms. The Labute approximate surface area is 163 Å². The Morgan fingerprint density at radius 3 is 2.86 bits per heavy atom. The fourth-order valence-corrected chi connectivity index (χ4v) is 3.53. The molecular weight excluding hydrogens is 356 g/mol. The van der Waals surface area contributed by atoms with Crippen molar-refractivity contribution in [3.8, 4) is 5.75 Å². The number of aromatic nitrogens is 4. The van der Waals surface area contributed by atoms with Crippen molar-refractivity contribution < 1.29 is 9.53 Å². The Morgan fingerprint density at radius 2 is 2.07 bits per heavy atom. The summed E-state index contributed by atoms with van der Waals surface area (Å²) in [6.07, 6.45) is 4.46. The van der Waals surface area contributed by atoms with Crippen LogP contribution in [-0.2, 0) is 11.3 Å². The maximum absolute atomic E-state index is 12.0. The van der Waals surface area contributed by atoms with Gasteiger partial charge in [0.15, 0.2) is 12.3 Å². The molecule has 1 atom stereocenters. The molecule has 146 valence electrons. The average Bonchev–Trinajstić information content (AvgIpc) is 3.31. The lowest BCUT2D eigenvalue weighted by Gasteiger charge is -2.08. The summed E-state index contributed by atoms with van der Waals surface area (Å²) in [6, 6.07) is 9.29. The van der Waals surface area contributed by atoms with Gasteiger partial charge in [-0.15, -0.1) is 0 Å². The van der Waals surface area contributed by atoms with Crippen LogP contribution in [0, 0.1) is 0 Å². The molecule has 1 aromatic carbocycles. The first-order valence-electron chi connectivity index (χ1n) is 9.51. The number of likely N-dealkylation sites (N-methyl/N-ethyl adjacent to an activating group) is 1. The second kappa shape index (κ2) is 8.35. The number of carbonyl (C=O) groups is 1. The molecule has 4 rings (SSSR count).